The summed E-state index contributed by atoms with van der Waals surface area (Å²) in [6, 6.07) is 9.09. The Bertz CT molecular complexity index is 1080. The van der Waals surface area contributed by atoms with Crippen LogP contribution in [0.3, 0.4) is 0 Å². The number of esters is 1. The van der Waals surface area contributed by atoms with E-state index < -0.39 is 23.5 Å². The number of benzene rings is 1. The average Bonchev–Trinajstić information content (AvgIpc) is 3.22. The molecule has 0 aliphatic carbocycles. The highest BCUT2D eigenvalue weighted by atomic mass is 32.2. The maximum absolute atomic E-state index is 13.5. The Labute approximate surface area is 261 Å². The molecule has 0 aromatic heterocycles. The molecule has 1 saturated heterocycles. The Morgan fingerprint density at radius 3 is 2.38 bits per heavy atom. The molecule has 1 aromatic carbocycles. The summed E-state index contributed by atoms with van der Waals surface area (Å²) in [4.78, 5) is 40.5. The van der Waals surface area contributed by atoms with Gasteiger partial charge in [-0.05, 0) is 76.9 Å². The molecule has 0 saturated carbocycles. The van der Waals surface area contributed by atoms with E-state index in [0.717, 1.165) is 17.1 Å². The van der Waals surface area contributed by atoms with E-state index in [0.29, 0.717) is 12.8 Å². The van der Waals surface area contributed by atoms with Crippen LogP contribution >= 0.6 is 23.5 Å². The number of amides is 2. The summed E-state index contributed by atoms with van der Waals surface area (Å²) in [7, 11) is 1.34. The summed E-state index contributed by atoms with van der Waals surface area (Å²) in [5.74, 6) is 0.704. The molecule has 1 aliphatic heterocycles. The van der Waals surface area contributed by atoms with Crippen molar-refractivity contribution >= 4 is 41.5 Å². The highest BCUT2D eigenvalue weighted by Crippen LogP contribution is 2.40. The minimum Gasteiger partial charge on any atom is -0.467 e. The topological polar surface area (TPSA) is 84.9 Å². The molecule has 7 nitrogen and oxygen atoms in total. The fourth-order valence-corrected chi connectivity index (χ4v) is 6.35. The molecule has 0 unspecified atom stereocenters. The Morgan fingerprint density at radius 1 is 1.14 bits per heavy atom. The first-order chi connectivity index (χ1) is 19.7. The van der Waals surface area contributed by atoms with Crippen molar-refractivity contribution in [1.82, 2.24) is 10.2 Å². The molecule has 1 heterocycles. The van der Waals surface area contributed by atoms with Gasteiger partial charge in [-0.3, -0.25) is 9.69 Å². The number of rotatable bonds is 13. The van der Waals surface area contributed by atoms with E-state index in [2.05, 4.69) is 37.4 Å². The molecular weight excluding hydrogens is 569 g/mol. The lowest BCUT2D eigenvalue weighted by Gasteiger charge is -2.35. The summed E-state index contributed by atoms with van der Waals surface area (Å²) in [5.41, 5.74) is 0.463. The third-order valence-electron chi connectivity index (χ3n) is 7.05. The van der Waals surface area contributed by atoms with E-state index >= 15 is 0 Å². The number of ether oxygens (including phenoxy) is 2. The van der Waals surface area contributed by atoms with Gasteiger partial charge in [0.15, 0.2) is 0 Å². The molecule has 234 valence electrons. The third kappa shape index (κ3) is 11.4. The number of allylic oxidation sites excluding steroid dienone is 2. The van der Waals surface area contributed by atoms with Crippen LogP contribution in [0.1, 0.15) is 60.5 Å². The first-order valence-corrected chi connectivity index (χ1v) is 17.0. The van der Waals surface area contributed by atoms with Crippen molar-refractivity contribution in [2.24, 2.45) is 17.8 Å². The van der Waals surface area contributed by atoms with Gasteiger partial charge >= 0.3 is 12.1 Å². The van der Waals surface area contributed by atoms with E-state index in [1.54, 1.807) is 23.5 Å². The maximum Gasteiger partial charge on any atom is 0.411 e. The molecule has 1 N–H and O–H groups in total. The van der Waals surface area contributed by atoms with Crippen LogP contribution in [0.5, 0.6) is 0 Å². The first-order valence-electron chi connectivity index (χ1n) is 14.6. The van der Waals surface area contributed by atoms with Crippen LogP contribution in [0.2, 0.25) is 0 Å². The number of hydrogen-bond donors (Lipinski definition) is 1. The van der Waals surface area contributed by atoms with Gasteiger partial charge in [-0.2, -0.15) is 11.8 Å². The lowest BCUT2D eigenvalue weighted by molar-refractivity contribution is -0.145. The quantitative estimate of drug-likeness (QED) is 0.194. The van der Waals surface area contributed by atoms with Crippen LogP contribution < -0.4 is 5.32 Å². The van der Waals surface area contributed by atoms with E-state index in [1.807, 2.05) is 82.2 Å². The highest BCUT2D eigenvalue weighted by molar-refractivity contribution is 8.00. The molecule has 2 amide bonds. The molecule has 2 rings (SSSR count). The van der Waals surface area contributed by atoms with Crippen LogP contribution in [0.4, 0.5) is 4.79 Å². The number of carbonyl (C=O) groups excluding carboxylic acids is 3. The normalized spacial score (nSPS) is 19.2. The maximum atomic E-state index is 13.5. The standard InChI is InChI=1S/C33H50N2O5S2/c1-23(2)25(17-18-27-22-42-33(6,7)35(27)31(38)40-32(3,4)5)15-16-26(21-24-13-11-10-12-14-24)29(36)34-28(19-20-41-9)30(37)39-8/h10-18,23,25-28H,19-22H2,1-9H3,(H,34,36)/b16-15-,18-17+/t25-,26+,27+,28-/m0/s1. The molecule has 0 radical (unpaired) electrons. The molecular formula is C33H50N2O5S2. The van der Waals surface area contributed by atoms with Crippen LogP contribution in [-0.2, 0) is 25.5 Å². The monoisotopic (exact) mass is 618 g/mol. The van der Waals surface area contributed by atoms with Crippen molar-refractivity contribution in [1.29, 1.82) is 0 Å². The molecule has 42 heavy (non-hydrogen) atoms. The lowest BCUT2D eigenvalue weighted by atomic mass is 9.90. The molecule has 0 spiro atoms. The largest absolute Gasteiger partial charge is 0.467 e. The fourth-order valence-electron chi connectivity index (χ4n) is 4.69. The highest BCUT2D eigenvalue weighted by Gasteiger charge is 2.44. The van der Waals surface area contributed by atoms with Gasteiger partial charge in [-0.25, -0.2) is 9.59 Å². The van der Waals surface area contributed by atoms with Gasteiger partial charge in [0.05, 0.1) is 23.9 Å². The molecule has 4 atom stereocenters. The lowest BCUT2D eigenvalue weighted by Crippen LogP contribution is -2.48. The van der Waals surface area contributed by atoms with Gasteiger partial charge in [0.25, 0.3) is 0 Å². The van der Waals surface area contributed by atoms with Crippen LogP contribution in [-0.4, -0.2) is 70.3 Å². The second-order valence-electron chi connectivity index (χ2n) is 12.4. The van der Waals surface area contributed by atoms with Crippen molar-refractivity contribution in [3.8, 4) is 0 Å². The van der Waals surface area contributed by atoms with E-state index in [9.17, 15) is 14.4 Å². The van der Waals surface area contributed by atoms with Crippen molar-refractivity contribution in [2.45, 2.75) is 83.9 Å². The zero-order valence-corrected chi connectivity index (χ0v) is 28.3. The van der Waals surface area contributed by atoms with Crippen LogP contribution in [0.25, 0.3) is 0 Å². The van der Waals surface area contributed by atoms with Gasteiger partial charge in [-0.1, -0.05) is 68.5 Å². The summed E-state index contributed by atoms with van der Waals surface area (Å²) < 4.78 is 10.7. The zero-order valence-electron chi connectivity index (χ0n) is 26.7. The Morgan fingerprint density at radius 2 is 1.81 bits per heavy atom. The molecule has 1 aliphatic rings. The Kier molecular flexibility index (Phi) is 14.0. The predicted molar refractivity (Wildman–Crippen MR) is 176 cm³/mol. The number of thioether (sulfide) groups is 2. The van der Waals surface area contributed by atoms with Crippen LogP contribution in [0, 0.1) is 17.8 Å². The van der Waals surface area contributed by atoms with Crippen LogP contribution in [0.15, 0.2) is 54.6 Å². The number of hydrogen-bond acceptors (Lipinski definition) is 7. The molecule has 1 aromatic rings. The van der Waals surface area contributed by atoms with Gasteiger partial charge < -0.3 is 14.8 Å². The van der Waals surface area contributed by atoms with Gasteiger partial charge in [-0.15, -0.1) is 11.8 Å². The predicted octanol–water partition coefficient (Wildman–Crippen LogP) is 6.73. The SMILES string of the molecule is COC(=O)[C@H](CCSC)NC(=O)[C@H](/C=C\[C@@H](/C=C/[C@@H]1CSC(C)(C)N1C(=O)OC(C)(C)C)C(C)C)Cc1ccccc1. The smallest absolute Gasteiger partial charge is 0.411 e. The minimum absolute atomic E-state index is 0.0400. The van der Waals surface area contributed by atoms with Gasteiger partial charge in [0, 0.05) is 5.75 Å². The number of nitrogens with one attached hydrogen (secondary N) is 1. The minimum atomic E-state index is -0.690. The number of nitrogens with zero attached hydrogens (tertiary/aromatic N) is 1. The Balaban J connectivity index is 2.30. The first kappa shape index (κ1) is 35.8. The second kappa shape index (κ2) is 16.5. The number of methoxy groups -OCH3 is 1. The van der Waals surface area contributed by atoms with E-state index in [-0.39, 0.29) is 34.7 Å². The van der Waals surface area contributed by atoms with Crippen molar-refractivity contribution in [2.75, 3.05) is 24.9 Å². The molecule has 9 heteroatoms. The Hall–Kier alpha value is -2.39. The molecule has 0 bridgehead atoms. The fraction of sp³-hybridized carbons (Fsp3) is 0.606. The van der Waals surface area contributed by atoms with Gasteiger partial charge in [0.2, 0.25) is 5.91 Å². The number of carbonyl (C=O) groups is 3. The van der Waals surface area contributed by atoms with Crippen molar-refractivity contribution in [3.63, 3.8) is 0 Å². The summed E-state index contributed by atoms with van der Waals surface area (Å²) in [6.45, 7) is 14.0. The van der Waals surface area contributed by atoms with E-state index in [1.165, 1.54) is 7.11 Å². The molecule has 1 fully saturated rings. The summed E-state index contributed by atoms with van der Waals surface area (Å²) in [5, 5.41) is 2.94. The zero-order chi connectivity index (χ0) is 31.5. The summed E-state index contributed by atoms with van der Waals surface area (Å²) >= 11 is 3.35. The van der Waals surface area contributed by atoms with E-state index in [4.69, 9.17) is 9.47 Å². The van der Waals surface area contributed by atoms with Crippen molar-refractivity contribution in [3.05, 3.63) is 60.2 Å². The van der Waals surface area contributed by atoms with Crippen molar-refractivity contribution < 1.29 is 23.9 Å². The average molecular weight is 619 g/mol. The second-order valence-corrected chi connectivity index (χ2v) is 15.0. The third-order valence-corrected chi connectivity index (χ3v) is 9.10. The van der Waals surface area contributed by atoms with Gasteiger partial charge in [0.1, 0.15) is 11.6 Å². The summed E-state index contributed by atoms with van der Waals surface area (Å²) in [6.07, 6.45) is 10.9.